The molecule has 0 fully saturated rings. The maximum atomic E-state index is 8.75. The molecule has 0 radical (unpaired) electrons. The second-order valence-electron chi connectivity index (χ2n) is 3.81. The molecule has 18 heavy (non-hydrogen) atoms. The van der Waals surface area contributed by atoms with E-state index in [0.717, 1.165) is 23.1 Å². The van der Waals surface area contributed by atoms with Gasteiger partial charge in [-0.05, 0) is 40.2 Å². The Hall–Kier alpha value is -0.780. The largest absolute Gasteiger partial charge is 0.493 e. The molecule has 0 aromatic heterocycles. The van der Waals surface area contributed by atoms with E-state index in [4.69, 9.17) is 14.6 Å². The van der Waals surface area contributed by atoms with Gasteiger partial charge in [0.1, 0.15) is 0 Å². The lowest BCUT2D eigenvalue weighted by atomic mass is 10.2. The van der Waals surface area contributed by atoms with Crippen LogP contribution >= 0.6 is 15.9 Å². The van der Waals surface area contributed by atoms with Crippen LogP contribution in [-0.4, -0.2) is 32.0 Å². The predicted molar refractivity (Wildman–Crippen MR) is 75.3 cm³/mol. The summed E-state index contributed by atoms with van der Waals surface area (Å²) < 4.78 is 11.8. The zero-order chi connectivity index (χ0) is 13.4. The van der Waals surface area contributed by atoms with Crippen molar-refractivity contribution in [1.82, 2.24) is 5.32 Å². The average Bonchev–Trinajstić information content (AvgIpc) is 2.38. The Labute approximate surface area is 116 Å². The lowest BCUT2D eigenvalue weighted by molar-refractivity contribution is 0.227. The summed E-state index contributed by atoms with van der Waals surface area (Å²) in [4.78, 5) is 0. The molecule has 0 aliphatic carbocycles. The standard InChI is InChI=1S/C13H20BrNO3/c1-3-15-9-10-7-11(14)13(12(8-10)17-2)18-6-4-5-16/h7-8,15-16H,3-6,9H2,1-2H3. The predicted octanol–water partition coefficient (Wildman–Crippen LogP) is 2.33. The molecule has 1 aromatic carbocycles. The van der Waals surface area contributed by atoms with Crippen LogP contribution in [0.25, 0.3) is 0 Å². The van der Waals surface area contributed by atoms with Crippen molar-refractivity contribution in [3.63, 3.8) is 0 Å². The first kappa shape index (κ1) is 15.3. The maximum absolute atomic E-state index is 8.75. The van der Waals surface area contributed by atoms with Gasteiger partial charge in [-0.15, -0.1) is 0 Å². The van der Waals surface area contributed by atoms with E-state index in [2.05, 4.69) is 28.2 Å². The van der Waals surface area contributed by atoms with Crippen LogP contribution < -0.4 is 14.8 Å². The molecule has 0 amide bonds. The van der Waals surface area contributed by atoms with E-state index in [9.17, 15) is 0 Å². The molecular weight excluding hydrogens is 298 g/mol. The summed E-state index contributed by atoms with van der Waals surface area (Å²) >= 11 is 3.49. The van der Waals surface area contributed by atoms with Crippen molar-refractivity contribution in [2.75, 3.05) is 26.9 Å². The minimum absolute atomic E-state index is 0.123. The molecular formula is C13H20BrNO3. The number of aliphatic hydroxyl groups excluding tert-OH is 1. The number of hydrogen-bond acceptors (Lipinski definition) is 4. The summed E-state index contributed by atoms with van der Waals surface area (Å²) in [5, 5.41) is 12.0. The molecule has 0 atom stereocenters. The molecule has 0 saturated heterocycles. The summed E-state index contributed by atoms with van der Waals surface area (Å²) in [6.07, 6.45) is 0.606. The highest BCUT2D eigenvalue weighted by Crippen LogP contribution is 2.36. The van der Waals surface area contributed by atoms with Gasteiger partial charge in [0.2, 0.25) is 0 Å². The van der Waals surface area contributed by atoms with E-state index in [1.54, 1.807) is 7.11 Å². The Kier molecular flexibility index (Phi) is 7.08. The van der Waals surface area contributed by atoms with Crippen molar-refractivity contribution in [2.45, 2.75) is 19.9 Å². The Balaban J connectivity index is 2.82. The number of hydrogen-bond donors (Lipinski definition) is 2. The fourth-order valence-corrected chi connectivity index (χ4v) is 2.13. The summed E-state index contributed by atoms with van der Waals surface area (Å²) in [6.45, 7) is 4.38. The smallest absolute Gasteiger partial charge is 0.175 e. The first-order valence-electron chi connectivity index (χ1n) is 6.03. The van der Waals surface area contributed by atoms with E-state index in [1.807, 2.05) is 12.1 Å². The van der Waals surface area contributed by atoms with E-state index in [1.165, 1.54) is 0 Å². The third-order valence-electron chi connectivity index (χ3n) is 2.42. The van der Waals surface area contributed by atoms with Gasteiger partial charge in [-0.25, -0.2) is 0 Å². The van der Waals surface area contributed by atoms with E-state index < -0.39 is 0 Å². The Bertz CT molecular complexity index is 371. The number of rotatable bonds is 8. The molecule has 0 saturated carbocycles. The molecule has 0 aliphatic heterocycles. The number of ether oxygens (including phenoxy) is 2. The number of halogens is 1. The van der Waals surface area contributed by atoms with Crippen molar-refractivity contribution in [3.8, 4) is 11.5 Å². The van der Waals surface area contributed by atoms with Gasteiger partial charge >= 0.3 is 0 Å². The average molecular weight is 318 g/mol. The van der Waals surface area contributed by atoms with Gasteiger partial charge in [0.05, 0.1) is 18.2 Å². The fourth-order valence-electron chi connectivity index (χ4n) is 1.52. The summed E-state index contributed by atoms with van der Waals surface area (Å²) in [5.41, 5.74) is 1.13. The number of methoxy groups -OCH3 is 1. The molecule has 0 heterocycles. The SMILES string of the molecule is CCNCc1cc(Br)c(OCCCO)c(OC)c1. The van der Waals surface area contributed by atoms with Crippen LogP contribution in [-0.2, 0) is 6.54 Å². The van der Waals surface area contributed by atoms with E-state index >= 15 is 0 Å². The molecule has 0 spiro atoms. The van der Waals surface area contributed by atoms with Gasteiger partial charge in [-0.3, -0.25) is 0 Å². The van der Waals surface area contributed by atoms with Gasteiger partial charge in [0.15, 0.2) is 11.5 Å². The first-order valence-corrected chi connectivity index (χ1v) is 6.83. The molecule has 2 N–H and O–H groups in total. The van der Waals surface area contributed by atoms with Crippen molar-refractivity contribution in [2.24, 2.45) is 0 Å². The normalized spacial score (nSPS) is 10.4. The summed E-state index contributed by atoms with van der Waals surface area (Å²) in [7, 11) is 1.62. The highest BCUT2D eigenvalue weighted by molar-refractivity contribution is 9.10. The molecule has 0 unspecified atom stereocenters. The zero-order valence-electron chi connectivity index (χ0n) is 10.8. The highest BCUT2D eigenvalue weighted by atomic mass is 79.9. The van der Waals surface area contributed by atoms with Crippen LogP contribution in [0.5, 0.6) is 11.5 Å². The first-order chi connectivity index (χ1) is 8.72. The number of aliphatic hydroxyl groups is 1. The molecule has 102 valence electrons. The quantitative estimate of drug-likeness (QED) is 0.723. The zero-order valence-corrected chi connectivity index (χ0v) is 12.4. The number of benzene rings is 1. The highest BCUT2D eigenvalue weighted by Gasteiger charge is 2.11. The van der Waals surface area contributed by atoms with Crippen LogP contribution in [0.2, 0.25) is 0 Å². The van der Waals surface area contributed by atoms with Gasteiger partial charge in [0, 0.05) is 19.6 Å². The lowest BCUT2D eigenvalue weighted by Crippen LogP contribution is -2.12. The second kappa shape index (κ2) is 8.34. The van der Waals surface area contributed by atoms with E-state index in [-0.39, 0.29) is 6.61 Å². The van der Waals surface area contributed by atoms with Crippen molar-refractivity contribution < 1.29 is 14.6 Å². The topological polar surface area (TPSA) is 50.7 Å². The van der Waals surface area contributed by atoms with Gasteiger partial charge < -0.3 is 19.9 Å². The van der Waals surface area contributed by atoms with Crippen LogP contribution in [0.4, 0.5) is 0 Å². The molecule has 0 bridgehead atoms. The molecule has 5 heteroatoms. The van der Waals surface area contributed by atoms with Crippen LogP contribution in [0.3, 0.4) is 0 Å². The van der Waals surface area contributed by atoms with Crippen molar-refractivity contribution in [1.29, 1.82) is 0 Å². The van der Waals surface area contributed by atoms with E-state index in [0.29, 0.717) is 24.5 Å². The molecule has 0 aliphatic rings. The fraction of sp³-hybridized carbons (Fsp3) is 0.538. The second-order valence-corrected chi connectivity index (χ2v) is 4.67. The van der Waals surface area contributed by atoms with Gasteiger partial charge in [-0.1, -0.05) is 6.92 Å². The minimum atomic E-state index is 0.123. The molecule has 1 aromatic rings. The van der Waals surface area contributed by atoms with Crippen molar-refractivity contribution >= 4 is 15.9 Å². The van der Waals surface area contributed by atoms with Crippen LogP contribution in [0.1, 0.15) is 18.9 Å². The summed E-state index contributed by atoms with van der Waals surface area (Å²) in [5.74, 6) is 1.39. The van der Waals surface area contributed by atoms with Crippen LogP contribution in [0, 0.1) is 0 Å². The maximum Gasteiger partial charge on any atom is 0.175 e. The Morgan fingerprint density at radius 3 is 2.78 bits per heavy atom. The number of nitrogens with one attached hydrogen (secondary N) is 1. The van der Waals surface area contributed by atoms with Crippen LogP contribution in [0.15, 0.2) is 16.6 Å². The van der Waals surface area contributed by atoms with Gasteiger partial charge in [-0.2, -0.15) is 0 Å². The molecule has 1 rings (SSSR count). The van der Waals surface area contributed by atoms with Crippen molar-refractivity contribution in [3.05, 3.63) is 22.2 Å². The van der Waals surface area contributed by atoms with Gasteiger partial charge in [0.25, 0.3) is 0 Å². The third-order valence-corrected chi connectivity index (χ3v) is 3.01. The Morgan fingerprint density at radius 2 is 2.17 bits per heavy atom. The monoisotopic (exact) mass is 317 g/mol. The third kappa shape index (κ3) is 4.48. The lowest BCUT2D eigenvalue weighted by Gasteiger charge is -2.14. The minimum Gasteiger partial charge on any atom is -0.493 e. The molecule has 4 nitrogen and oxygen atoms in total. The summed E-state index contributed by atoms with van der Waals surface area (Å²) in [6, 6.07) is 3.97. The Morgan fingerprint density at radius 1 is 1.39 bits per heavy atom.